The van der Waals surface area contributed by atoms with Crippen molar-refractivity contribution in [3.63, 3.8) is 0 Å². The van der Waals surface area contributed by atoms with Crippen LogP contribution in [0.1, 0.15) is 29.7 Å². The Morgan fingerprint density at radius 3 is 2.76 bits per heavy atom. The summed E-state index contributed by atoms with van der Waals surface area (Å²) in [5.74, 6) is 1.02. The van der Waals surface area contributed by atoms with Crippen molar-refractivity contribution in [2.45, 2.75) is 38.6 Å². The maximum atomic E-state index is 13.1. The summed E-state index contributed by atoms with van der Waals surface area (Å²) < 4.78 is 1.62. The first-order valence-corrected chi connectivity index (χ1v) is 13.1. The summed E-state index contributed by atoms with van der Waals surface area (Å²) in [6.07, 6.45) is 7.85. The smallest absolute Gasteiger partial charge is 0.262 e. The van der Waals surface area contributed by atoms with E-state index in [0.717, 1.165) is 58.6 Å². The first-order chi connectivity index (χ1) is 16.2. The topological polar surface area (TPSA) is 84.2 Å². The number of fused-ring (bicyclic) bond motifs is 4. The van der Waals surface area contributed by atoms with Gasteiger partial charge < -0.3 is 9.80 Å². The molecule has 1 amide bonds. The van der Waals surface area contributed by atoms with Gasteiger partial charge in [-0.1, -0.05) is 0 Å². The first kappa shape index (κ1) is 20.7. The third-order valence-electron chi connectivity index (χ3n) is 6.68. The molecule has 1 aliphatic carbocycles. The predicted octanol–water partition coefficient (Wildman–Crippen LogP) is 3.08. The lowest BCUT2D eigenvalue weighted by molar-refractivity contribution is -0.131. The standard InChI is InChI=1S/C23H24N6O2S2/c30-18(27-8-10-28(11-9-27)20-16-6-12-32-21(16)25-13-24-20)5-7-29-14-26-22-19(23(29)31)15-3-1-2-4-17(15)33-22/h6,12-14H,1-5,7-11H2. The lowest BCUT2D eigenvalue weighted by Crippen LogP contribution is -2.49. The number of carbonyl (C=O) groups is 1. The normalized spacial score (nSPS) is 16.5. The van der Waals surface area contributed by atoms with Gasteiger partial charge in [0.15, 0.2) is 0 Å². The number of piperazine rings is 1. The summed E-state index contributed by atoms with van der Waals surface area (Å²) in [5.41, 5.74) is 1.19. The van der Waals surface area contributed by atoms with Crippen LogP contribution in [0.15, 0.2) is 28.9 Å². The molecule has 0 spiro atoms. The van der Waals surface area contributed by atoms with E-state index in [4.69, 9.17) is 0 Å². The summed E-state index contributed by atoms with van der Waals surface area (Å²) in [6.45, 7) is 3.15. The highest BCUT2D eigenvalue weighted by molar-refractivity contribution is 7.18. The van der Waals surface area contributed by atoms with E-state index in [0.29, 0.717) is 26.1 Å². The van der Waals surface area contributed by atoms with Crippen LogP contribution in [-0.2, 0) is 24.2 Å². The van der Waals surface area contributed by atoms with Crippen LogP contribution in [0.5, 0.6) is 0 Å². The molecule has 4 aromatic rings. The monoisotopic (exact) mass is 480 g/mol. The molecule has 1 aliphatic heterocycles. The van der Waals surface area contributed by atoms with Crippen LogP contribution in [0.25, 0.3) is 20.4 Å². The number of nitrogens with zero attached hydrogens (tertiary/aromatic N) is 6. The van der Waals surface area contributed by atoms with E-state index in [2.05, 4.69) is 25.9 Å². The summed E-state index contributed by atoms with van der Waals surface area (Å²) in [7, 11) is 0. The van der Waals surface area contributed by atoms with Gasteiger partial charge in [-0.2, -0.15) is 0 Å². The van der Waals surface area contributed by atoms with Gasteiger partial charge in [0.1, 0.15) is 21.8 Å². The predicted molar refractivity (Wildman–Crippen MR) is 131 cm³/mol. The van der Waals surface area contributed by atoms with Crippen molar-refractivity contribution < 1.29 is 4.79 Å². The molecule has 0 atom stereocenters. The second-order valence-electron chi connectivity index (χ2n) is 8.59. The van der Waals surface area contributed by atoms with E-state index in [1.165, 1.54) is 16.9 Å². The Kier molecular flexibility index (Phi) is 5.34. The lowest BCUT2D eigenvalue weighted by Gasteiger charge is -2.35. The average molecular weight is 481 g/mol. The van der Waals surface area contributed by atoms with E-state index in [1.807, 2.05) is 10.3 Å². The molecule has 1 saturated heterocycles. The Bertz CT molecular complexity index is 1400. The first-order valence-electron chi connectivity index (χ1n) is 11.4. The molecule has 10 heteroatoms. The van der Waals surface area contributed by atoms with E-state index >= 15 is 0 Å². The highest BCUT2D eigenvalue weighted by Crippen LogP contribution is 2.33. The molecule has 4 aromatic heterocycles. The van der Waals surface area contributed by atoms with E-state index in [-0.39, 0.29) is 11.5 Å². The van der Waals surface area contributed by atoms with Gasteiger partial charge in [0.05, 0.1) is 17.1 Å². The Hall–Kier alpha value is -2.85. The van der Waals surface area contributed by atoms with E-state index < -0.39 is 0 Å². The van der Waals surface area contributed by atoms with Crippen molar-refractivity contribution in [3.8, 4) is 0 Å². The molecule has 0 saturated carbocycles. The molecule has 0 radical (unpaired) electrons. The van der Waals surface area contributed by atoms with Crippen molar-refractivity contribution in [3.05, 3.63) is 44.9 Å². The minimum atomic E-state index is 0.000519. The Labute approximate surface area is 198 Å². The molecule has 0 bridgehead atoms. The van der Waals surface area contributed by atoms with Crippen LogP contribution >= 0.6 is 22.7 Å². The third kappa shape index (κ3) is 3.71. The average Bonchev–Trinajstić information content (AvgIpc) is 3.48. The molecule has 8 nitrogen and oxygen atoms in total. The van der Waals surface area contributed by atoms with E-state index in [9.17, 15) is 9.59 Å². The summed E-state index contributed by atoms with van der Waals surface area (Å²) >= 11 is 3.27. The zero-order valence-corrected chi connectivity index (χ0v) is 19.8. The van der Waals surface area contributed by atoms with Crippen molar-refractivity contribution in [1.29, 1.82) is 0 Å². The summed E-state index contributed by atoms with van der Waals surface area (Å²) in [4.78, 5) is 46.6. The minimum absolute atomic E-state index is 0.000519. The second-order valence-corrected chi connectivity index (χ2v) is 10.6. The number of anilines is 1. The summed E-state index contributed by atoms with van der Waals surface area (Å²) in [5, 5.41) is 3.88. The SMILES string of the molecule is O=C(CCn1cnc2sc3c(c2c1=O)CCCC3)N1CCN(c2ncnc3sccc23)CC1. The number of hydrogen-bond acceptors (Lipinski definition) is 8. The van der Waals surface area contributed by atoms with E-state index in [1.54, 1.807) is 39.9 Å². The van der Waals surface area contributed by atoms with Crippen LogP contribution in [0.2, 0.25) is 0 Å². The largest absolute Gasteiger partial charge is 0.352 e. The van der Waals surface area contributed by atoms with Crippen LogP contribution < -0.4 is 10.5 Å². The highest BCUT2D eigenvalue weighted by atomic mass is 32.1. The van der Waals surface area contributed by atoms with Gasteiger partial charge in [0.2, 0.25) is 5.91 Å². The van der Waals surface area contributed by atoms with Gasteiger partial charge in [-0.15, -0.1) is 22.7 Å². The molecular weight excluding hydrogens is 456 g/mol. The summed E-state index contributed by atoms with van der Waals surface area (Å²) in [6, 6.07) is 2.06. The molecule has 33 heavy (non-hydrogen) atoms. The van der Waals surface area contributed by atoms with Crippen molar-refractivity contribution in [2.75, 3.05) is 31.1 Å². The van der Waals surface area contributed by atoms with Crippen LogP contribution in [0.4, 0.5) is 5.82 Å². The lowest BCUT2D eigenvalue weighted by atomic mass is 9.97. The number of rotatable bonds is 4. The zero-order valence-electron chi connectivity index (χ0n) is 18.2. The quantitative estimate of drug-likeness (QED) is 0.446. The van der Waals surface area contributed by atoms with Gasteiger partial charge in [-0.3, -0.25) is 14.2 Å². The number of thiophene rings is 2. The minimum Gasteiger partial charge on any atom is -0.352 e. The number of carbonyl (C=O) groups excluding carboxylic acids is 1. The van der Waals surface area contributed by atoms with Crippen molar-refractivity contribution in [2.24, 2.45) is 0 Å². The molecular formula is C23H24N6O2S2. The van der Waals surface area contributed by atoms with Crippen molar-refractivity contribution in [1.82, 2.24) is 24.4 Å². The van der Waals surface area contributed by atoms with Crippen LogP contribution in [0.3, 0.4) is 0 Å². The fourth-order valence-corrected chi connectivity index (χ4v) is 6.86. The maximum absolute atomic E-state index is 13.1. The van der Waals surface area contributed by atoms with Gasteiger partial charge in [0.25, 0.3) is 5.56 Å². The molecule has 6 rings (SSSR count). The molecule has 0 unspecified atom stereocenters. The van der Waals surface area contributed by atoms with Gasteiger partial charge in [-0.05, 0) is 42.7 Å². The zero-order chi connectivity index (χ0) is 22.4. The van der Waals surface area contributed by atoms with Crippen molar-refractivity contribution >= 4 is 54.8 Å². The highest BCUT2D eigenvalue weighted by Gasteiger charge is 2.24. The second kappa shape index (κ2) is 8.49. The number of aromatic nitrogens is 4. The van der Waals surface area contributed by atoms with Gasteiger partial charge >= 0.3 is 0 Å². The molecule has 2 aliphatic rings. The molecule has 170 valence electrons. The molecule has 1 fully saturated rings. The van der Waals surface area contributed by atoms with Gasteiger partial charge in [-0.25, -0.2) is 15.0 Å². The van der Waals surface area contributed by atoms with Crippen LogP contribution in [-0.4, -0.2) is 56.5 Å². The molecule has 0 N–H and O–H groups in total. The third-order valence-corrected chi connectivity index (χ3v) is 8.70. The van der Waals surface area contributed by atoms with Crippen LogP contribution in [0, 0.1) is 0 Å². The Morgan fingerprint density at radius 1 is 1.03 bits per heavy atom. The molecule has 5 heterocycles. The number of amides is 1. The van der Waals surface area contributed by atoms with Gasteiger partial charge in [0, 0.05) is 44.0 Å². The molecule has 0 aromatic carbocycles. The fourth-order valence-electron chi connectivity index (χ4n) is 4.91. The Morgan fingerprint density at radius 2 is 1.88 bits per heavy atom. The number of hydrogen-bond donors (Lipinski definition) is 0. The fraction of sp³-hybridized carbons (Fsp3) is 0.435. The number of aryl methyl sites for hydroxylation is 3. The Balaban J connectivity index is 1.11. The maximum Gasteiger partial charge on any atom is 0.262 e.